The Hall–Kier alpha value is -3.00. The highest BCUT2D eigenvalue weighted by Crippen LogP contribution is 2.23. The number of pyridine rings is 1. The number of hydrogen-bond acceptors (Lipinski definition) is 6. The van der Waals surface area contributed by atoms with Crippen molar-refractivity contribution >= 4 is 5.91 Å². The normalized spacial score (nSPS) is 15.1. The lowest BCUT2D eigenvalue weighted by atomic mass is 10.0. The molecule has 0 spiro atoms. The predicted octanol–water partition coefficient (Wildman–Crippen LogP) is 2.27. The summed E-state index contributed by atoms with van der Waals surface area (Å²) in [7, 11) is 0. The highest BCUT2D eigenvalue weighted by Gasteiger charge is 2.28. The third-order valence-electron chi connectivity index (χ3n) is 5.59. The van der Waals surface area contributed by atoms with E-state index in [4.69, 9.17) is 4.52 Å². The second-order valence-electron chi connectivity index (χ2n) is 7.54. The quantitative estimate of drug-likeness (QED) is 0.714. The van der Waals surface area contributed by atoms with Gasteiger partial charge in [0.1, 0.15) is 5.76 Å². The van der Waals surface area contributed by atoms with E-state index < -0.39 is 0 Å². The molecule has 3 aromatic rings. The average molecular weight is 394 g/mol. The molecule has 1 amide bonds. The van der Waals surface area contributed by atoms with Crippen LogP contribution < -0.4 is 0 Å². The van der Waals surface area contributed by atoms with Gasteiger partial charge in [0.2, 0.25) is 0 Å². The molecule has 0 bridgehead atoms. The fraction of sp³-hybridized carbons (Fsp3) is 0.429. The van der Waals surface area contributed by atoms with Gasteiger partial charge in [0.25, 0.3) is 5.91 Å². The Bertz CT molecular complexity index is 967. The summed E-state index contributed by atoms with van der Waals surface area (Å²) in [5.41, 5.74) is 5.34. The van der Waals surface area contributed by atoms with Gasteiger partial charge in [-0.3, -0.25) is 19.8 Å². The lowest BCUT2D eigenvalue weighted by molar-refractivity contribution is 0.0616. The highest BCUT2D eigenvalue weighted by atomic mass is 16.5. The van der Waals surface area contributed by atoms with E-state index in [0.717, 1.165) is 47.8 Å². The molecule has 1 aliphatic rings. The molecule has 4 rings (SSSR count). The number of carbonyl (C=O) groups excluding carboxylic acids is 1. The van der Waals surface area contributed by atoms with Gasteiger partial charge in [0, 0.05) is 62.2 Å². The van der Waals surface area contributed by atoms with Gasteiger partial charge in [0.15, 0.2) is 5.69 Å². The largest absolute Gasteiger partial charge is 0.361 e. The van der Waals surface area contributed by atoms with Gasteiger partial charge in [-0.1, -0.05) is 11.2 Å². The van der Waals surface area contributed by atoms with E-state index >= 15 is 0 Å². The van der Waals surface area contributed by atoms with Crippen LogP contribution in [0.25, 0.3) is 0 Å². The summed E-state index contributed by atoms with van der Waals surface area (Å²) >= 11 is 0. The molecule has 0 aromatic carbocycles. The summed E-state index contributed by atoms with van der Waals surface area (Å²) in [6.07, 6.45) is 2.40. The van der Waals surface area contributed by atoms with E-state index in [1.54, 1.807) is 0 Å². The summed E-state index contributed by atoms with van der Waals surface area (Å²) < 4.78 is 5.39. The number of H-pyrrole nitrogens is 1. The molecule has 0 atom stereocenters. The number of rotatable bonds is 5. The molecule has 152 valence electrons. The lowest BCUT2D eigenvalue weighted by Crippen LogP contribution is -2.48. The second kappa shape index (κ2) is 8.16. The van der Waals surface area contributed by atoms with Crippen LogP contribution in [-0.4, -0.2) is 62.2 Å². The monoisotopic (exact) mass is 394 g/mol. The Morgan fingerprint density at radius 2 is 1.93 bits per heavy atom. The molecule has 8 heteroatoms. The Morgan fingerprint density at radius 3 is 2.59 bits per heavy atom. The molecule has 4 heterocycles. The van der Waals surface area contributed by atoms with Gasteiger partial charge in [-0.05, 0) is 32.9 Å². The van der Waals surface area contributed by atoms with Gasteiger partial charge in [-0.25, -0.2) is 0 Å². The van der Waals surface area contributed by atoms with Crippen molar-refractivity contribution < 1.29 is 9.32 Å². The van der Waals surface area contributed by atoms with E-state index in [1.165, 1.54) is 0 Å². The molecule has 1 saturated heterocycles. The maximum atomic E-state index is 13.1. The van der Waals surface area contributed by atoms with E-state index in [2.05, 4.69) is 25.2 Å². The van der Waals surface area contributed by atoms with Crippen LogP contribution in [0.15, 0.2) is 28.9 Å². The first-order chi connectivity index (χ1) is 14.0. The highest BCUT2D eigenvalue weighted by molar-refractivity contribution is 5.94. The number of carbonyl (C=O) groups is 1. The lowest BCUT2D eigenvalue weighted by Gasteiger charge is -2.34. The van der Waals surface area contributed by atoms with E-state index in [0.29, 0.717) is 31.0 Å². The van der Waals surface area contributed by atoms with Crippen LogP contribution in [0.5, 0.6) is 0 Å². The number of nitrogens with zero attached hydrogens (tertiary/aromatic N) is 5. The van der Waals surface area contributed by atoms with Crippen LogP contribution in [0.3, 0.4) is 0 Å². The van der Waals surface area contributed by atoms with E-state index in [-0.39, 0.29) is 5.91 Å². The smallest absolute Gasteiger partial charge is 0.276 e. The van der Waals surface area contributed by atoms with Crippen LogP contribution in [0.2, 0.25) is 0 Å². The summed E-state index contributed by atoms with van der Waals surface area (Å²) in [4.78, 5) is 21.7. The number of aromatic amines is 1. The summed E-state index contributed by atoms with van der Waals surface area (Å²) in [6.45, 7) is 9.57. The third-order valence-corrected chi connectivity index (χ3v) is 5.59. The SMILES string of the molecule is Cc1n[nH]c(C)c1Cc1c(C(=O)N2CCN(Cc3ccccn3)CC2)noc1C. The van der Waals surface area contributed by atoms with Crippen molar-refractivity contribution in [1.82, 2.24) is 30.1 Å². The first kappa shape index (κ1) is 19.3. The standard InChI is InChI=1S/C21H26N6O2/c1-14-18(15(2)24-23-14)12-19-16(3)29-25-20(19)21(28)27-10-8-26(9-11-27)13-17-6-4-5-7-22-17/h4-7H,8-13H2,1-3H3,(H,23,24). The maximum absolute atomic E-state index is 13.1. The molecule has 0 unspecified atom stereocenters. The zero-order chi connectivity index (χ0) is 20.4. The molecule has 0 saturated carbocycles. The zero-order valence-electron chi connectivity index (χ0n) is 17.1. The molecule has 29 heavy (non-hydrogen) atoms. The first-order valence-electron chi connectivity index (χ1n) is 9.90. The minimum atomic E-state index is -0.0619. The van der Waals surface area contributed by atoms with Crippen LogP contribution in [0.1, 0.15) is 44.5 Å². The summed E-state index contributed by atoms with van der Waals surface area (Å²) in [5.74, 6) is 0.621. The predicted molar refractivity (Wildman–Crippen MR) is 108 cm³/mol. The van der Waals surface area contributed by atoms with Gasteiger partial charge >= 0.3 is 0 Å². The summed E-state index contributed by atoms with van der Waals surface area (Å²) in [5, 5.41) is 11.3. The average Bonchev–Trinajstić information content (AvgIpc) is 3.26. The number of nitrogens with one attached hydrogen (secondary N) is 1. The number of piperazine rings is 1. The Kier molecular flexibility index (Phi) is 5.44. The van der Waals surface area contributed by atoms with Crippen LogP contribution in [-0.2, 0) is 13.0 Å². The minimum Gasteiger partial charge on any atom is -0.361 e. The number of aromatic nitrogens is 4. The topological polar surface area (TPSA) is 91.2 Å². The fourth-order valence-electron chi connectivity index (χ4n) is 3.76. The minimum absolute atomic E-state index is 0.0619. The molecule has 1 N–H and O–H groups in total. The maximum Gasteiger partial charge on any atom is 0.276 e. The van der Waals surface area contributed by atoms with Crippen molar-refractivity contribution in [3.63, 3.8) is 0 Å². The van der Waals surface area contributed by atoms with Gasteiger partial charge in [0.05, 0.1) is 11.4 Å². The van der Waals surface area contributed by atoms with Crippen molar-refractivity contribution in [2.75, 3.05) is 26.2 Å². The molecule has 0 radical (unpaired) electrons. The molecule has 3 aromatic heterocycles. The number of aryl methyl sites for hydroxylation is 3. The Balaban J connectivity index is 1.43. The Labute approximate surface area is 169 Å². The zero-order valence-corrected chi connectivity index (χ0v) is 17.1. The molecule has 1 fully saturated rings. The molecule has 8 nitrogen and oxygen atoms in total. The van der Waals surface area contributed by atoms with Crippen LogP contribution >= 0.6 is 0 Å². The van der Waals surface area contributed by atoms with Crippen molar-refractivity contribution in [3.05, 3.63) is 64.1 Å². The van der Waals surface area contributed by atoms with Gasteiger partial charge in [-0.2, -0.15) is 5.10 Å². The van der Waals surface area contributed by atoms with E-state index in [1.807, 2.05) is 50.1 Å². The van der Waals surface area contributed by atoms with Crippen LogP contribution in [0.4, 0.5) is 0 Å². The molecular formula is C21H26N6O2. The van der Waals surface area contributed by atoms with Gasteiger partial charge in [-0.15, -0.1) is 0 Å². The molecule has 0 aliphatic carbocycles. The molecule has 1 aliphatic heterocycles. The first-order valence-corrected chi connectivity index (χ1v) is 9.90. The van der Waals surface area contributed by atoms with E-state index in [9.17, 15) is 4.79 Å². The van der Waals surface area contributed by atoms with Crippen LogP contribution in [0, 0.1) is 20.8 Å². The third kappa shape index (κ3) is 4.07. The van der Waals surface area contributed by atoms with Crippen molar-refractivity contribution in [2.24, 2.45) is 0 Å². The number of hydrogen-bond donors (Lipinski definition) is 1. The second-order valence-corrected chi connectivity index (χ2v) is 7.54. The molecular weight excluding hydrogens is 368 g/mol. The van der Waals surface area contributed by atoms with Crippen molar-refractivity contribution in [1.29, 1.82) is 0 Å². The van der Waals surface area contributed by atoms with Gasteiger partial charge < -0.3 is 9.42 Å². The number of amides is 1. The summed E-state index contributed by atoms with van der Waals surface area (Å²) in [6, 6.07) is 5.95. The van der Waals surface area contributed by atoms with Crippen molar-refractivity contribution in [3.8, 4) is 0 Å². The van der Waals surface area contributed by atoms with Crippen molar-refractivity contribution in [2.45, 2.75) is 33.7 Å². The Morgan fingerprint density at radius 1 is 1.14 bits per heavy atom. The fourth-order valence-corrected chi connectivity index (χ4v) is 3.76.